The summed E-state index contributed by atoms with van der Waals surface area (Å²) in [5, 5.41) is 2.64. The van der Waals surface area contributed by atoms with E-state index in [1.54, 1.807) is 20.8 Å². The number of esters is 1. The van der Waals surface area contributed by atoms with Crippen molar-refractivity contribution in [3.63, 3.8) is 0 Å². The number of ketones is 2. The average Bonchev–Trinajstić information content (AvgIpc) is 2.72. The summed E-state index contributed by atoms with van der Waals surface area (Å²) < 4.78 is 37.3. The molecular formula is C23H23NO8S. The van der Waals surface area contributed by atoms with Crippen LogP contribution in [-0.4, -0.2) is 48.6 Å². The second-order valence-corrected chi connectivity index (χ2v) is 9.97. The molecule has 0 saturated heterocycles. The van der Waals surface area contributed by atoms with Gasteiger partial charge in [-0.05, 0) is 63.6 Å². The molecule has 0 saturated carbocycles. The van der Waals surface area contributed by atoms with Gasteiger partial charge in [-0.2, -0.15) is 8.42 Å². The molecule has 10 heteroatoms. The van der Waals surface area contributed by atoms with Gasteiger partial charge in [0.05, 0.1) is 4.90 Å². The molecule has 3 rings (SSSR count). The number of fused-ring (bicyclic) bond motifs is 2. The number of hydrogen-bond acceptors (Lipinski definition) is 7. The molecule has 9 nitrogen and oxygen atoms in total. The van der Waals surface area contributed by atoms with Gasteiger partial charge in [0.2, 0.25) is 0 Å². The molecule has 1 aliphatic carbocycles. The summed E-state index contributed by atoms with van der Waals surface area (Å²) in [6.07, 6.45) is 0.483. The Hall–Kier alpha value is -3.37. The lowest BCUT2D eigenvalue weighted by Crippen LogP contribution is -2.28. The molecule has 0 fully saturated rings. The third kappa shape index (κ3) is 5.52. The van der Waals surface area contributed by atoms with Crippen molar-refractivity contribution in [1.82, 2.24) is 5.32 Å². The van der Waals surface area contributed by atoms with Gasteiger partial charge in [-0.3, -0.25) is 23.7 Å². The molecule has 0 heterocycles. The molecular weight excluding hydrogens is 450 g/mol. The van der Waals surface area contributed by atoms with E-state index in [0.717, 1.165) is 12.1 Å². The van der Waals surface area contributed by atoms with Gasteiger partial charge in [-0.25, -0.2) is 0 Å². The average molecular weight is 474 g/mol. The number of carbonyl (C=O) groups is 4. The van der Waals surface area contributed by atoms with Gasteiger partial charge >= 0.3 is 5.97 Å². The number of ether oxygens (including phenoxy) is 1. The highest BCUT2D eigenvalue weighted by Crippen LogP contribution is 2.29. The van der Waals surface area contributed by atoms with E-state index in [2.05, 4.69) is 5.32 Å². The van der Waals surface area contributed by atoms with Crippen molar-refractivity contribution in [2.75, 3.05) is 6.54 Å². The SMILES string of the molecule is CC(C)(C)OC(=O)CCCNC(=O)c1ccc2c(c1)C(=O)c1cc(S(=O)(=O)O)ccc1C2=O. The summed E-state index contributed by atoms with van der Waals surface area (Å²) >= 11 is 0. The Kier molecular flexibility index (Phi) is 6.53. The molecule has 33 heavy (non-hydrogen) atoms. The first-order valence-electron chi connectivity index (χ1n) is 10.1. The Morgan fingerprint density at radius 1 is 0.939 bits per heavy atom. The third-order valence-corrected chi connectivity index (χ3v) is 5.66. The van der Waals surface area contributed by atoms with Crippen molar-refractivity contribution in [2.45, 2.75) is 44.1 Å². The lowest BCUT2D eigenvalue weighted by Gasteiger charge is -2.19. The first-order valence-corrected chi connectivity index (χ1v) is 11.6. The van der Waals surface area contributed by atoms with Crippen molar-refractivity contribution in [1.29, 1.82) is 0 Å². The predicted molar refractivity (Wildman–Crippen MR) is 117 cm³/mol. The maximum atomic E-state index is 12.9. The molecule has 0 radical (unpaired) electrons. The lowest BCUT2D eigenvalue weighted by molar-refractivity contribution is -0.154. The van der Waals surface area contributed by atoms with Crippen LogP contribution >= 0.6 is 0 Å². The van der Waals surface area contributed by atoms with Crippen molar-refractivity contribution >= 4 is 33.6 Å². The van der Waals surface area contributed by atoms with E-state index < -0.39 is 38.1 Å². The van der Waals surface area contributed by atoms with Gasteiger partial charge in [0.25, 0.3) is 16.0 Å². The van der Waals surface area contributed by atoms with E-state index in [0.29, 0.717) is 6.42 Å². The second-order valence-electron chi connectivity index (χ2n) is 8.55. The van der Waals surface area contributed by atoms with E-state index in [4.69, 9.17) is 4.74 Å². The van der Waals surface area contributed by atoms with Crippen molar-refractivity contribution in [3.8, 4) is 0 Å². The highest BCUT2D eigenvalue weighted by molar-refractivity contribution is 7.85. The van der Waals surface area contributed by atoms with Gasteiger partial charge in [-0.1, -0.05) is 0 Å². The molecule has 2 N–H and O–H groups in total. The summed E-state index contributed by atoms with van der Waals surface area (Å²) in [5.74, 6) is -2.01. The predicted octanol–water partition coefficient (Wildman–Crippen LogP) is 2.56. The van der Waals surface area contributed by atoms with Crippen LogP contribution in [0.25, 0.3) is 0 Å². The number of benzene rings is 2. The van der Waals surface area contributed by atoms with Crippen LogP contribution in [-0.2, 0) is 19.6 Å². The molecule has 174 valence electrons. The molecule has 0 unspecified atom stereocenters. The van der Waals surface area contributed by atoms with Gasteiger partial charge in [0.15, 0.2) is 11.6 Å². The Morgan fingerprint density at radius 3 is 2.12 bits per heavy atom. The number of rotatable bonds is 6. The molecule has 2 aromatic rings. The lowest BCUT2D eigenvalue weighted by atomic mass is 9.83. The molecule has 0 aromatic heterocycles. The summed E-state index contributed by atoms with van der Waals surface area (Å²) in [4.78, 5) is 49.4. The van der Waals surface area contributed by atoms with Crippen LogP contribution in [0.4, 0.5) is 0 Å². The van der Waals surface area contributed by atoms with Gasteiger partial charge < -0.3 is 10.1 Å². The van der Waals surface area contributed by atoms with Gasteiger partial charge in [0.1, 0.15) is 5.60 Å². The third-order valence-electron chi connectivity index (χ3n) is 4.81. The zero-order chi connectivity index (χ0) is 24.6. The number of hydrogen-bond donors (Lipinski definition) is 2. The van der Waals surface area contributed by atoms with E-state index in [1.165, 1.54) is 24.3 Å². The zero-order valence-corrected chi connectivity index (χ0v) is 19.1. The number of carbonyl (C=O) groups excluding carboxylic acids is 4. The number of amides is 1. The molecule has 2 aromatic carbocycles. The van der Waals surface area contributed by atoms with Crippen molar-refractivity contribution in [3.05, 3.63) is 64.2 Å². The monoisotopic (exact) mass is 473 g/mol. The van der Waals surface area contributed by atoms with Crippen LogP contribution in [0.1, 0.15) is 75.8 Å². The Bertz CT molecular complexity index is 1270. The maximum Gasteiger partial charge on any atom is 0.306 e. The van der Waals surface area contributed by atoms with Gasteiger partial charge in [0, 0.05) is 40.8 Å². The quantitative estimate of drug-likeness (QED) is 0.316. The summed E-state index contributed by atoms with van der Waals surface area (Å²) in [6.45, 7) is 5.48. The van der Waals surface area contributed by atoms with Crippen LogP contribution in [0.2, 0.25) is 0 Å². The zero-order valence-electron chi connectivity index (χ0n) is 18.3. The van der Waals surface area contributed by atoms with Crippen LogP contribution in [0.15, 0.2) is 41.3 Å². The molecule has 1 aliphatic rings. The fourth-order valence-corrected chi connectivity index (χ4v) is 3.87. The minimum atomic E-state index is -4.57. The van der Waals surface area contributed by atoms with Crippen molar-refractivity contribution < 1.29 is 36.9 Å². The standard InChI is InChI=1S/C23H23NO8S/c1-23(2,3)32-19(25)5-4-10-24-22(28)13-6-8-15-17(11-13)21(27)18-12-14(33(29,30)31)7-9-16(18)20(15)26/h6-9,11-12H,4-5,10H2,1-3H3,(H,24,28)(H,29,30,31). The van der Waals surface area contributed by atoms with Crippen LogP contribution < -0.4 is 5.32 Å². The Balaban J connectivity index is 1.74. The Labute approximate surface area is 190 Å². The molecule has 0 bridgehead atoms. The van der Waals surface area contributed by atoms with E-state index >= 15 is 0 Å². The highest BCUT2D eigenvalue weighted by atomic mass is 32.2. The fraction of sp³-hybridized carbons (Fsp3) is 0.304. The molecule has 0 aliphatic heterocycles. The second kappa shape index (κ2) is 8.87. The maximum absolute atomic E-state index is 12.9. The molecule has 0 atom stereocenters. The first-order chi connectivity index (χ1) is 15.3. The van der Waals surface area contributed by atoms with Crippen LogP contribution in [0, 0.1) is 0 Å². The summed E-state index contributed by atoms with van der Waals surface area (Å²) in [6, 6.07) is 7.20. The minimum Gasteiger partial charge on any atom is -0.460 e. The van der Waals surface area contributed by atoms with E-state index in [1.807, 2.05) is 0 Å². The van der Waals surface area contributed by atoms with Crippen LogP contribution in [0.5, 0.6) is 0 Å². The molecule has 0 spiro atoms. The fourth-order valence-electron chi connectivity index (χ4n) is 3.36. The smallest absolute Gasteiger partial charge is 0.306 e. The topological polar surface area (TPSA) is 144 Å². The largest absolute Gasteiger partial charge is 0.460 e. The van der Waals surface area contributed by atoms with Gasteiger partial charge in [-0.15, -0.1) is 0 Å². The highest BCUT2D eigenvalue weighted by Gasteiger charge is 2.31. The minimum absolute atomic E-state index is 0.0132. The molecule has 1 amide bonds. The van der Waals surface area contributed by atoms with Crippen LogP contribution in [0.3, 0.4) is 0 Å². The van der Waals surface area contributed by atoms with Crippen molar-refractivity contribution in [2.24, 2.45) is 0 Å². The first kappa shape index (κ1) is 24.3. The summed E-state index contributed by atoms with van der Waals surface area (Å²) in [5.41, 5.74) is -0.568. The van der Waals surface area contributed by atoms with E-state index in [9.17, 15) is 32.1 Å². The normalized spacial score (nSPS) is 13.2. The Morgan fingerprint density at radius 2 is 1.52 bits per heavy atom. The number of nitrogens with one attached hydrogen (secondary N) is 1. The summed E-state index contributed by atoms with van der Waals surface area (Å²) in [7, 11) is -4.57. The van der Waals surface area contributed by atoms with E-state index in [-0.39, 0.29) is 46.8 Å².